The monoisotopic (exact) mass is 514 g/mol. The van der Waals surface area contributed by atoms with Crippen LogP contribution in [0.4, 0.5) is 5.69 Å². The third-order valence-corrected chi connectivity index (χ3v) is 8.57. The van der Waals surface area contributed by atoms with Crippen LogP contribution in [0.2, 0.25) is 5.02 Å². The molecular weight excluding hydrogens is 476 g/mol. The van der Waals surface area contributed by atoms with Gasteiger partial charge in [-0.2, -0.15) is 0 Å². The van der Waals surface area contributed by atoms with Crippen molar-refractivity contribution in [1.29, 1.82) is 0 Å². The van der Waals surface area contributed by atoms with Gasteiger partial charge < -0.3 is 14.5 Å². The molecule has 0 saturated heterocycles. The van der Waals surface area contributed by atoms with E-state index in [9.17, 15) is 14.7 Å². The number of aromatic nitrogens is 1. The summed E-state index contributed by atoms with van der Waals surface area (Å²) in [5.41, 5.74) is 3.39. The molecule has 2 aliphatic carbocycles. The molecule has 1 amide bonds. The Morgan fingerprint density at radius 2 is 1.86 bits per heavy atom. The third kappa shape index (κ3) is 5.96. The minimum atomic E-state index is -0.941. The molecule has 2 saturated carbocycles. The highest BCUT2D eigenvalue weighted by molar-refractivity contribution is 6.33. The molecule has 0 aliphatic heterocycles. The molecule has 1 aromatic carbocycles. The zero-order valence-corrected chi connectivity index (χ0v) is 22.7. The Hall–Kier alpha value is -2.34. The smallest absolute Gasteiger partial charge is 0.304 e. The number of amides is 1. The SMILES string of the molecule is CCC(CC)CC1CC(c2onc(C(CC(=O)O)CC(=O)N(C)c3ccc(C)cc3Cl)c2C2CC2)C1. The lowest BCUT2D eigenvalue weighted by Crippen LogP contribution is -2.29. The number of anilines is 1. The van der Waals surface area contributed by atoms with Crippen molar-refractivity contribution in [2.75, 3.05) is 11.9 Å². The van der Waals surface area contributed by atoms with E-state index in [1.807, 2.05) is 25.1 Å². The molecule has 4 rings (SSSR count). The average molecular weight is 515 g/mol. The zero-order valence-electron chi connectivity index (χ0n) is 21.9. The minimum Gasteiger partial charge on any atom is -0.481 e. The highest BCUT2D eigenvalue weighted by Crippen LogP contribution is 2.53. The number of halogens is 1. The number of nitrogens with zero attached hydrogens (tertiary/aromatic N) is 2. The molecule has 2 aromatic rings. The molecule has 1 unspecified atom stereocenters. The summed E-state index contributed by atoms with van der Waals surface area (Å²) in [6.07, 6.45) is 7.97. The normalized spacial score (nSPS) is 20.3. The highest BCUT2D eigenvalue weighted by atomic mass is 35.5. The van der Waals surface area contributed by atoms with E-state index in [4.69, 9.17) is 16.1 Å². The second-order valence-corrected chi connectivity index (χ2v) is 11.4. The van der Waals surface area contributed by atoms with Crippen molar-refractivity contribution in [3.63, 3.8) is 0 Å². The van der Waals surface area contributed by atoms with Crippen LogP contribution in [-0.4, -0.2) is 29.2 Å². The Morgan fingerprint density at radius 1 is 1.17 bits per heavy atom. The van der Waals surface area contributed by atoms with Crippen molar-refractivity contribution in [2.24, 2.45) is 11.8 Å². The van der Waals surface area contributed by atoms with Gasteiger partial charge in [-0.3, -0.25) is 9.59 Å². The number of hydrogen-bond donors (Lipinski definition) is 1. The summed E-state index contributed by atoms with van der Waals surface area (Å²) in [5.74, 6) is 1.53. The lowest BCUT2D eigenvalue weighted by atomic mass is 9.68. The van der Waals surface area contributed by atoms with E-state index in [0.717, 1.165) is 54.4 Å². The predicted octanol–water partition coefficient (Wildman–Crippen LogP) is 7.45. The Balaban J connectivity index is 1.52. The van der Waals surface area contributed by atoms with Gasteiger partial charge in [-0.1, -0.05) is 49.5 Å². The molecular formula is C29H39ClN2O4. The lowest BCUT2D eigenvalue weighted by Gasteiger charge is -2.36. The van der Waals surface area contributed by atoms with Crippen molar-refractivity contribution < 1.29 is 19.2 Å². The topological polar surface area (TPSA) is 83.6 Å². The Bertz CT molecular complexity index is 1080. The quantitative estimate of drug-likeness (QED) is 0.318. The first kappa shape index (κ1) is 26.7. The summed E-state index contributed by atoms with van der Waals surface area (Å²) in [6.45, 7) is 6.48. The van der Waals surface area contributed by atoms with E-state index in [-0.39, 0.29) is 18.7 Å². The fraction of sp³-hybridized carbons (Fsp3) is 0.621. The number of carboxylic acids is 1. The summed E-state index contributed by atoms with van der Waals surface area (Å²) in [7, 11) is 1.68. The zero-order chi connectivity index (χ0) is 26.0. The Morgan fingerprint density at radius 3 is 2.44 bits per heavy atom. The van der Waals surface area contributed by atoms with Crippen LogP contribution >= 0.6 is 11.6 Å². The van der Waals surface area contributed by atoms with Gasteiger partial charge in [0.15, 0.2) is 0 Å². The molecule has 1 atom stereocenters. The molecule has 7 heteroatoms. The van der Waals surface area contributed by atoms with Crippen molar-refractivity contribution in [1.82, 2.24) is 5.16 Å². The van der Waals surface area contributed by atoms with Gasteiger partial charge in [-0.25, -0.2) is 0 Å². The molecule has 2 aliphatic rings. The van der Waals surface area contributed by atoms with Crippen LogP contribution < -0.4 is 4.90 Å². The number of aryl methyl sites for hydroxylation is 1. The van der Waals surface area contributed by atoms with Crippen LogP contribution in [0.25, 0.3) is 0 Å². The second-order valence-electron chi connectivity index (χ2n) is 11.0. The van der Waals surface area contributed by atoms with Gasteiger partial charge >= 0.3 is 5.97 Å². The molecule has 0 bridgehead atoms. The number of carbonyl (C=O) groups is 2. The number of rotatable bonds is 12. The molecule has 196 valence electrons. The van der Waals surface area contributed by atoms with Crippen molar-refractivity contribution in [3.05, 3.63) is 45.8 Å². The Kier molecular flexibility index (Phi) is 8.44. The second kappa shape index (κ2) is 11.4. The fourth-order valence-electron chi connectivity index (χ4n) is 5.77. The number of aliphatic carboxylic acids is 1. The molecule has 6 nitrogen and oxygen atoms in total. The molecule has 1 aromatic heterocycles. The van der Waals surface area contributed by atoms with E-state index in [1.165, 1.54) is 24.2 Å². The standard InChI is InChI=1S/C29H39ClN2O4/c1-5-18(6-2)12-19-13-22(14-19)29-27(20-8-9-20)28(31-36-29)21(16-26(34)35)15-25(33)32(4)24-10-7-17(3)11-23(24)30/h7,10-11,18-22H,5-6,8-9,12-16H2,1-4H3,(H,34,35). The van der Waals surface area contributed by atoms with E-state index >= 15 is 0 Å². The van der Waals surface area contributed by atoms with Crippen LogP contribution in [0.1, 0.15) is 112 Å². The largest absolute Gasteiger partial charge is 0.481 e. The number of hydrogen-bond acceptors (Lipinski definition) is 4. The van der Waals surface area contributed by atoms with Crippen LogP contribution in [0.15, 0.2) is 22.7 Å². The predicted molar refractivity (Wildman–Crippen MR) is 142 cm³/mol. The maximum atomic E-state index is 13.3. The van der Waals surface area contributed by atoms with Crippen LogP contribution in [-0.2, 0) is 9.59 Å². The first-order chi connectivity index (χ1) is 17.2. The molecule has 1 heterocycles. The van der Waals surface area contributed by atoms with E-state index in [1.54, 1.807) is 7.05 Å². The maximum absolute atomic E-state index is 13.3. The maximum Gasteiger partial charge on any atom is 0.304 e. The van der Waals surface area contributed by atoms with Crippen LogP contribution in [0, 0.1) is 18.8 Å². The van der Waals surface area contributed by atoms with Crippen LogP contribution in [0.5, 0.6) is 0 Å². The summed E-state index contributed by atoms with van der Waals surface area (Å²) < 4.78 is 5.94. The fourth-order valence-corrected chi connectivity index (χ4v) is 6.13. The van der Waals surface area contributed by atoms with Gasteiger partial charge in [-0.15, -0.1) is 0 Å². The molecule has 2 fully saturated rings. The van der Waals surface area contributed by atoms with Gasteiger partial charge in [0, 0.05) is 30.9 Å². The van der Waals surface area contributed by atoms with Gasteiger partial charge in [0.1, 0.15) is 5.76 Å². The first-order valence-corrected chi connectivity index (χ1v) is 13.8. The summed E-state index contributed by atoms with van der Waals surface area (Å²) >= 11 is 6.39. The number of benzene rings is 1. The van der Waals surface area contributed by atoms with Crippen LogP contribution in [0.3, 0.4) is 0 Å². The van der Waals surface area contributed by atoms with E-state index in [2.05, 4.69) is 19.0 Å². The summed E-state index contributed by atoms with van der Waals surface area (Å²) in [4.78, 5) is 26.6. The van der Waals surface area contributed by atoms with Gasteiger partial charge in [0.2, 0.25) is 5.91 Å². The summed E-state index contributed by atoms with van der Waals surface area (Å²) in [6, 6.07) is 5.55. The minimum absolute atomic E-state index is 0.0423. The van der Waals surface area contributed by atoms with Crippen molar-refractivity contribution in [3.8, 4) is 0 Å². The molecule has 0 radical (unpaired) electrons. The third-order valence-electron chi connectivity index (χ3n) is 8.26. The van der Waals surface area contributed by atoms with Gasteiger partial charge in [0.25, 0.3) is 0 Å². The average Bonchev–Trinajstić information content (AvgIpc) is 3.55. The Labute approximate surface area is 219 Å². The van der Waals surface area contributed by atoms with Crippen molar-refractivity contribution in [2.45, 2.75) is 96.3 Å². The molecule has 0 spiro atoms. The summed E-state index contributed by atoms with van der Waals surface area (Å²) in [5, 5.41) is 14.6. The highest BCUT2D eigenvalue weighted by Gasteiger charge is 2.42. The van der Waals surface area contributed by atoms with Crippen molar-refractivity contribution >= 4 is 29.2 Å². The van der Waals surface area contributed by atoms with E-state index < -0.39 is 11.9 Å². The van der Waals surface area contributed by atoms with E-state index in [0.29, 0.717) is 28.2 Å². The molecule has 36 heavy (non-hydrogen) atoms. The van der Waals surface area contributed by atoms with Gasteiger partial charge in [0.05, 0.1) is 22.8 Å². The number of carbonyl (C=O) groups excluding carboxylic acids is 1. The number of carboxylic acid groups (broad SMARTS) is 1. The lowest BCUT2D eigenvalue weighted by molar-refractivity contribution is -0.137. The van der Waals surface area contributed by atoms with Gasteiger partial charge in [-0.05, 0) is 74.5 Å². The first-order valence-electron chi connectivity index (χ1n) is 13.4. The molecule has 1 N–H and O–H groups in total.